The molecule has 0 N–H and O–H groups in total. The minimum atomic E-state index is -0.995. The van der Waals surface area contributed by atoms with Gasteiger partial charge in [0.25, 0.3) is 0 Å². The third-order valence-corrected chi connectivity index (χ3v) is 4.69. The van der Waals surface area contributed by atoms with Crippen LogP contribution in [0.15, 0.2) is 30.3 Å². The average Bonchev–Trinajstić information content (AvgIpc) is 2.54. The zero-order valence-electron chi connectivity index (χ0n) is 14.4. The first-order valence-electron chi connectivity index (χ1n) is 8.32. The second-order valence-corrected chi connectivity index (χ2v) is 6.60. The molecule has 0 amide bonds. The molecule has 132 valence electrons. The first-order chi connectivity index (χ1) is 11.9. The van der Waals surface area contributed by atoms with Gasteiger partial charge in [0.1, 0.15) is 5.82 Å². The molecule has 0 aromatic heterocycles. The normalized spacial score (nSPS) is 19.5. The molecule has 1 aliphatic rings. The Morgan fingerprint density at radius 2 is 1.65 bits per heavy atom. The maximum absolute atomic E-state index is 14.3. The fraction of sp³-hybridized carbons (Fsp3) is 0.350. The maximum atomic E-state index is 14.3. The number of hydrogen-bond donors (Lipinski definition) is 0. The van der Waals surface area contributed by atoms with Gasteiger partial charge in [-0.3, -0.25) is 0 Å². The van der Waals surface area contributed by atoms with Crippen molar-refractivity contribution in [3.8, 4) is 5.75 Å². The topological polar surface area (TPSA) is 26.3 Å². The van der Waals surface area contributed by atoms with Crippen molar-refractivity contribution in [3.63, 3.8) is 0 Å². The third-order valence-electron chi connectivity index (χ3n) is 4.69. The van der Waals surface area contributed by atoms with E-state index in [1.165, 1.54) is 12.1 Å². The van der Waals surface area contributed by atoms with Crippen molar-refractivity contribution < 1.29 is 55.4 Å². The minimum Gasteiger partial charge on any atom is -0.449 e. The first-order valence-corrected chi connectivity index (χ1v) is 8.32. The van der Waals surface area contributed by atoms with E-state index in [0.717, 1.165) is 43.4 Å². The molecule has 0 radical (unpaired) electrons. The molecule has 2 aromatic rings. The van der Waals surface area contributed by atoms with E-state index in [2.05, 4.69) is 6.92 Å². The Kier molecular flexibility index (Phi) is 7.42. The predicted octanol–water partition coefficient (Wildman–Crippen LogP) is 5.41. The summed E-state index contributed by atoms with van der Waals surface area (Å²) in [4.78, 5) is 12.1. The van der Waals surface area contributed by atoms with Crippen molar-refractivity contribution in [1.82, 2.24) is 0 Å². The minimum absolute atomic E-state index is 0. The first kappa shape index (κ1) is 21.1. The van der Waals surface area contributed by atoms with Gasteiger partial charge in [0.15, 0.2) is 0 Å². The summed E-state index contributed by atoms with van der Waals surface area (Å²) in [6.07, 6.45) is 4.23. The number of benzene rings is 2. The van der Waals surface area contributed by atoms with Gasteiger partial charge in [-0.05, 0) is 42.4 Å². The van der Waals surface area contributed by atoms with Crippen LogP contribution < -0.4 is 4.74 Å². The molecule has 6 heteroatoms. The van der Waals surface area contributed by atoms with Gasteiger partial charge in [0.05, 0.1) is 5.56 Å². The largest absolute Gasteiger partial charge is 3.00 e. The Morgan fingerprint density at radius 3 is 2.23 bits per heavy atom. The van der Waals surface area contributed by atoms with Gasteiger partial charge < -0.3 is 4.74 Å². The van der Waals surface area contributed by atoms with Crippen molar-refractivity contribution >= 4 is 5.97 Å². The number of esters is 1. The summed E-state index contributed by atoms with van der Waals surface area (Å²) < 4.78 is 45.4. The molecule has 1 saturated carbocycles. The molecule has 3 rings (SSSR count). The van der Waals surface area contributed by atoms with E-state index in [1.54, 1.807) is 12.1 Å². The molecule has 2 aromatic carbocycles. The van der Waals surface area contributed by atoms with Crippen LogP contribution in [0.2, 0.25) is 0 Å². The average molecular weight is 436 g/mol. The molecule has 26 heavy (non-hydrogen) atoms. The number of carbonyl (C=O) groups is 1. The van der Waals surface area contributed by atoms with Gasteiger partial charge in [0, 0.05) is 17.4 Å². The van der Waals surface area contributed by atoms with E-state index >= 15 is 0 Å². The molecular formula is C20H18F3O2Y+2. The Labute approximate surface area is 176 Å². The summed E-state index contributed by atoms with van der Waals surface area (Å²) in [7, 11) is 0. The van der Waals surface area contributed by atoms with Crippen LogP contribution in [0.5, 0.6) is 5.75 Å². The van der Waals surface area contributed by atoms with E-state index in [1.807, 2.05) is 0 Å². The van der Waals surface area contributed by atoms with Crippen LogP contribution in [0.1, 0.15) is 54.4 Å². The van der Waals surface area contributed by atoms with Crippen LogP contribution in [-0.4, -0.2) is 5.97 Å². The standard InChI is InChI=1S/C20H18F3O2.Y/c1-12-2-4-13(5-3-12)14-6-7-18(19(23)8-14)20(24)25-17-10-15(21)9-16(22)11-17;/h6-8,10-13H,2-5H2,1H3;/q-1;+3. The second-order valence-electron chi connectivity index (χ2n) is 6.60. The van der Waals surface area contributed by atoms with E-state index in [9.17, 15) is 18.0 Å². The molecule has 0 aliphatic heterocycles. The number of hydrogen-bond acceptors (Lipinski definition) is 2. The fourth-order valence-corrected chi connectivity index (χ4v) is 3.24. The van der Waals surface area contributed by atoms with Crippen molar-refractivity contribution in [3.05, 3.63) is 65.0 Å². The predicted molar refractivity (Wildman–Crippen MR) is 86.9 cm³/mol. The molecule has 0 bridgehead atoms. The molecule has 1 aliphatic carbocycles. The third kappa shape index (κ3) is 5.17. The van der Waals surface area contributed by atoms with E-state index in [0.29, 0.717) is 11.8 Å². The van der Waals surface area contributed by atoms with Crippen LogP contribution in [0.25, 0.3) is 0 Å². The summed E-state index contributed by atoms with van der Waals surface area (Å²) in [5, 5.41) is 0. The number of carbonyl (C=O) groups excluding carboxylic acids is 1. The van der Waals surface area contributed by atoms with Crippen LogP contribution in [0.3, 0.4) is 0 Å². The summed E-state index contributed by atoms with van der Waals surface area (Å²) in [5.74, 6) is -3.02. The van der Waals surface area contributed by atoms with Gasteiger partial charge in [0.2, 0.25) is 0 Å². The van der Waals surface area contributed by atoms with Crippen molar-refractivity contribution in [2.24, 2.45) is 5.92 Å². The quantitative estimate of drug-likeness (QED) is 0.365. The van der Waals surface area contributed by atoms with Gasteiger partial charge in [-0.25, -0.2) is 18.0 Å². The SMILES string of the molecule is CC1CCC(c2ccc(C(=O)Oc3cc(F)[c-]c(F)c3)c(F)c2)CC1.[Y+3]. The Morgan fingerprint density at radius 1 is 1.04 bits per heavy atom. The van der Waals surface area contributed by atoms with Crippen molar-refractivity contribution in [1.29, 1.82) is 0 Å². The number of rotatable bonds is 3. The molecule has 0 spiro atoms. The molecule has 0 unspecified atom stereocenters. The Bertz CT molecular complexity index is 766. The van der Waals surface area contributed by atoms with Gasteiger partial charge in [-0.15, -0.1) is 6.07 Å². The Balaban J connectivity index is 0.00000243. The van der Waals surface area contributed by atoms with E-state index < -0.39 is 23.4 Å². The van der Waals surface area contributed by atoms with Crippen LogP contribution in [0, 0.1) is 29.4 Å². The van der Waals surface area contributed by atoms with Gasteiger partial charge in [-0.1, -0.05) is 38.0 Å². The summed E-state index contributed by atoms with van der Waals surface area (Å²) in [6.45, 7) is 2.21. The van der Waals surface area contributed by atoms with Crippen molar-refractivity contribution in [2.45, 2.75) is 38.5 Å². The van der Waals surface area contributed by atoms with Gasteiger partial charge in [-0.2, -0.15) is 0 Å². The van der Waals surface area contributed by atoms with E-state index in [4.69, 9.17) is 4.74 Å². The zero-order chi connectivity index (χ0) is 18.0. The monoisotopic (exact) mass is 436 g/mol. The zero-order valence-corrected chi connectivity index (χ0v) is 17.2. The van der Waals surface area contributed by atoms with E-state index in [-0.39, 0.29) is 44.0 Å². The van der Waals surface area contributed by atoms with Gasteiger partial charge >= 0.3 is 38.7 Å². The molecule has 2 nitrogen and oxygen atoms in total. The maximum Gasteiger partial charge on any atom is 3.00 e. The summed E-state index contributed by atoms with van der Waals surface area (Å²) >= 11 is 0. The number of ether oxygens (including phenoxy) is 1. The van der Waals surface area contributed by atoms with Crippen LogP contribution >= 0.6 is 0 Å². The Hall–Kier alpha value is -1.20. The van der Waals surface area contributed by atoms with Crippen molar-refractivity contribution in [2.75, 3.05) is 0 Å². The second kappa shape index (κ2) is 9.14. The smallest absolute Gasteiger partial charge is 0.449 e. The summed E-state index contributed by atoms with van der Waals surface area (Å²) in [6, 6.07) is 7.86. The molecule has 0 saturated heterocycles. The number of halogens is 3. The molecule has 1 fully saturated rings. The molecular weight excluding hydrogens is 418 g/mol. The summed E-state index contributed by atoms with van der Waals surface area (Å²) in [5.41, 5.74) is 0.605. The molecule has 0 atom stereocenters. The molecule has 0 heterocycles. The van der Waals surface area contributed by atoms with Crippen LogP contribution in [0.4, 0.5) is 13.2 Å². The fourth-order valence-electron chi connectivity index (χ4n) is 3.24. The van der Waals surface area contributed by atoms with Crippen LogP contribution in [-0.2, 0) is 32.7 Å².